The lowest BCUT2D eigenvalue weighted by atomic mass is 10.1. The van der Waals surface area contributed by atoms with Gasteiger partial charge in [-0.15, -0.1) is 25.6 Å². The van der Waals surface area contributed by atoms with Crippen LogP contribution in [0.5, 0.6) is 5.75 Å². The predicted octanol–water partition coefficient (Wildman–Crippen LogP) is 2.96. The molecule has 1 saturated carbocycles. The normalized spacial score (nSPS) is 20.4. The second kappa shape index (κ2) is 6.97. The molecule has 8 heteroatoms. The van der Waals surface area contributed by atoms with Crippen LogP contribution in [0.4, 0.5) is 13.2 Å². The molecule has 1 aromatic carbocycles. The first-order chi connectivity index (χ1) is 10.1. The number of carbonyl (C=O) groups is 1. The molecule has 0 saturated heterocycles. The molecule has 0 aromatic heterocycles. The van der Waals surface area contributed by atoms with Crippen molar-refractivity contribution in [3.8, 4) is 5.75 Å². The molecule has 0 bridgehead atoms. The molecule has 0 spiro atoms. The van der Waals surface area contributed by atoms with Crippen LogP contribution >= 0.6 is 12.4 Å². The molecule has 1 amide bonds. The van der Waals surface area contributed by atoms with E-state index in [1.54, 1.807) is 26.0 Å². The van der Waals surface area contributed by atoms with Gasteiger partial charge in [-0.3, -0.25) is 4.79 Å². The van der Waals surface area contributed by atoms with Crippen LogP contribution in [0.15, 0.2) is 24.3 Å². The summed E-state index contributed by atoms with van der Waals surface area (Å²) in [6.07, 6.45) is -4.23. The Bertz CT molecular complexity index is 558. The number of hydrogen-bond donors (Lipinski definition) is 2. The minimum Gasteiger partial charge on any atom is -0.405 e. The van der Waals surface area contributed by atoms with E-state index in [9.17, 15) is 18.0 Å². The molecule has 1 aliphatic carbocycles. The summed E-state index contributed by atoms with van der Waals surface area (Å²) >= 11 is 0. The molecule has 23 heavy (non-hydrogen) atoms. The van der Waals surface area contributed by atoms with Gasteiger partial charge in [0.05, 0.1) is 0 Å². The zero-order valence-electron chi connectivity index (χ0n) is 12.8. The van der Waals surface area contributed by atoms with E-state index in [1.165, 1.54) is 12.1 Å². The van der Waals surface area contributed by atoms with Crippen molar-refractivity contribution in [2.75, 3.05) is 6.54 Å². The van der Waals surface area contributed by atoms with Crippen LogP contribution in [0.1, 0.15) is 31.7 Å². The molecule has 130 valence electrons. The summed E-state index contributed by atoms with van der Waals surface area (Å²) in [7, 11) is 0. The van der Waals surface area contributed by atoms with Crippen molar-refractivity contribution in [1.29, 1.82) is 0 Å². The van der Waals surface area contributed by atoms with Crippen LogP contribution in [0.3, 0.4) is 0 Å². The number of halogens is 4. The van der Waals surface area contributed by atoms with E-state index in [0.29, 0.717) is 18.5 Å². The van der Waals surface area contributed by atoms with Crippen molar-refractivity contribution >= 4 is 18.3 Å². The van der Waals surface area contributed by atoms with Gasteiger partial charge in [0.25, 0.3) is 0 Å². The SMILES string of the molecule is CC(C)(N)CNC(=O)C1CC1c1ccccc1OC(F)(F)F.Cl. The lowest BCUT2D eigenvalue weighted by molar-refractivity contribution is -0.274. The Kier molecular flexibility index (Phi) is 5.93. The topological polar surface area (TPSA) is 64.3 Å². The first-order valence-corrected chi connectivity index (χ1v) is 6.98. The van der Waals surface area contributed by atoms with E-state index < -0.39 is 11.9 Å². The van der Waals surface area contributed by atoms with Gasteiger partial charge in [0, 0.05) is 18.0 Å². The number of carbonyl (C=O) groups excluding carboxylic acids is 1. The quantitative estimate of drug-likeness (QED) is 0.856. The average Bonchev–Trinajstić information content (AvgIpc) is 3.14. The Morgan fingerprint density at radius 1 is 1.35 bits per heavy atom. The van der Waals surface area contributed by atoms with E-state index in [4.69, 9.17) is 5.73 Å². The van der Waals surface area contributed by atoms with Crippen molar-refractivity contribution in [2.45, 2.75) is 38.1 Å². The van der Waals surface area contributed by atoms with E-state index in [-0.39, 0.29) is 35.9 Å². The van der Waals surface area contributed by atoms with Gasteiger partial charge in [0.15, 0.2) is 0 Å². The van der Waals surface area contributed by atoms with Crippen LogP contribution < -0.4 is 15.8 Å². The maximum absolute atomic E-state index is 12.4. The Hall–Kier alpha value is -1.47. The number of ether oxygens (including phenoxy) is 1. The highest BCUT2D eigenvalue weighted by Gasteiger charge is 2.46. The molecule has 1 aliphatic rings. The zero-order chi connectivity index (χ0) is 16.5. The second-order valence-electron chi connectivity index (χ2n) is 6.24. The van der Waals surface area contributed by atoms with E-state index >= 15 is 0 Å². The summed E-state index contributed by atoms with van der Waals surface area (Å²) in [6, 6.07) is 5.93. The number of alkyl halides is 3. The summed E-state index contributed by atoms with van der Waals surface area (Å²) < 4.78 is 41.2. The fourth-order valence-electron chi connectivity index (χ4n) is 2.28. The number of nitrogens with one attached hydrogen (secondary N) is 1. The first kappa shape index (κ1) is 19.6. The molecule has 1 aromatic rings. The molecule has 3 N–H and O–H groups in total. The number of para-hydroxylation sites is 1. The third-order valence-electron chi connectivity index (χ3n) is 3.39. The third kappa shape index (κ3) is 5.91. The smallest absolute Gasteiger partial charge is 0.405 e. The third-order valence-corrected chi connectivity index (χ3v) is 3.39. The minimum absolute atomic E-state index is 0. The number of nitrogens with two attached hydrogens (primary N) is 1. The van der Waals surface area contributed by atoms with Crippen molar-refractivity contribution < 1.29 is 22.7 Å². The molecule has 0 heterocycles. The van der Waals surface area contributed by atoms with Gasteiger partial charge in [0.2, 0.25) is 5.91 Å². The van der Waals surface area contributed by atoms with Crippen molar-refractivity contribution in [2.24, 2.45) is 11.7 Å². The van der Waals surface area contributed by atoms with Crippen molar-refractivity contribution in [3.63, 3.8) is 0 Å². The molecule has 0 radical (unpaired) electrons. The van der Waals surface area contributed by atoms with E-state index in [2.05, 4.69) is 10.1 Å². The van der Waals surface area contributed by atoms with E-state index in [0.717, 1.165) is 0 Å². The number of hydrogen-bond acceptors (Lipinski definition) is 3. The lowest BCUT2D eigenvalue weighted by Gasteiger charge is -2.19. The summed E-state index contributed by atoms with van der Waals surface area (Å²) in [5, 5.41) is 2.73. The summed E-state index contributed by atoms with van der Waals surface area (Å²) in [5.41, 5.74) is 5.66. The van der Waals surface area contributed by atoms with E-state index in [1.807, 2.05) is 0 Å². The van der Waals surface area contributed by atoms with Crippen molar-refractivity contribution in [1.82, 2.24) is 5.32 Å². The molecule has 2 atom stereocenters. The highest BCUT2D eigenvalue weighted by atomic mass is 35.5. The van der Waals surface area contributed by atoms with Gasteiger partial charge in [-0.25, -0.2) is 0 Å². The molecule has 2 rings (SSSR count). The standard InChI is InChI=1S/C15H19F3N2O2.ClH/c1-14(2,19)8-20-13(21)11-7-10(11)9-5-3-4-6-12(9)22-15(16,17)18;/h3-6,10-11H,7-8,19H2,1-2H3,(H,20,21);1H. The molecule has 4 nitrogen and oxygen atoms in total. The lowest BCUT2D eigenvalue weighted by Crippen LogP contribution is -2.45. The van der Waals surface area contributed by atoms with Crippen molar-refractivity contribution in [3.05, 3.63) is 29.8 Å². The Morgan fingerprint density at radius 2 is 1.96 bits per heavy atom. The van der Waals surface area contributed by atoms with Gasteiger partial charge in [-0.1, -0.05) is 18.2 Å². The minimum atomic E-state index is -4.74. The highest BCUT2D eigenvalue weighted by Crippen LogP contribution is 2.51. The first-order valence-electron chi connectivity index (χ1n) is 6.98. The van der Waals surface area contributed by atoms with Gasteiger partial charge in [-0.2, -0.15) is 0 Å². The summed E-state index contributed by atoms with van der Waals surface area (Å²) in [4.78, 5) is 12.0. The largest absolute Gasteiger partial charge is 0.573 e. The highest BCUT2D eigenvalue weighted by molar-refractivity contribution is 5.85. The predicted molar refractivity (Wildman–Crippen MR) is 82.5 cm³/mol. The molecule has 1 fully saturated rings. The molecular formula is C15H20ClF3N2O2. The summed E-state index contributed by atoms with van der Waals surface area (Å²) in [5.74, 6) is -1.01. The van der Waals surface area contributed by atoms with Crippen LogP contribution in [-0.2, 0) is 4.79 Å². The van der Waals surface area contributed by atoms with Gasteiger partial charge in [-0.05, 0) is 37.8 Å². The van der Waals surface area contributed by atoms with Gasteiger partial charge < -0.3 is 15.8 Å². The average molecular weight is 353 g/mol. The van der Waals surface area contributed by atoms with Crippen LogP contribution in [0.2, 0.25) is 0 Å². The van der Waals surface area contributed by atoms with Gasteiger partial charge >= 0.3 is 6.36 Å². The fraction of sp³-hybridized carbons (Fsp3) is 0.533. The monoisotopic (exact) mass is 352 g/mol. The maximum atomic E-state index is 12.4. The van der Waals surface area contributed by atoms with Crippen LogP contribution in [0.25, 0.3) is 0 Å². The fourth-order valence-corrected chi connectivity index (χ4v) is 2.28. The Morgan fingerprint density at radius 3 is 2.52 bits per heavy atom. The molecular weight excluding hydrogens is 333 g/mol. The number of benzene rings is 1. The van der Waals surface area contributed by atoms with Gasteiger partial charge in [0.1, 0.15) is 5.75 Å². The zero-order valence-corrected chi connectivity index (χ0v) is 13.6. The Labute approximate surface area is 139 Å². The second-order valence-corrected chi connectivity index (χ2v) is 6.24. The summed E-state index contributed by atoms with van der Waals surface area (Å²) in [6.45, 7) is 3.88. The molecule has 0 aliphatic heterocycles. The van der Waals surface area contributed by atoms with Crippen LogP contribution in [0, 0.1) is 5.92 Å². The number of amides is 1. The molecule has 2 unspecified atom stereocenters. The number of rotatable bonds is 5. The maximum Gasteiger partial charge on any atom is 0.573 e. The van der Waals surface area contributed by atoms with Crippen LogP contribution in [-0.4, -0.2) is 24.4 Å². The Balaban J connectivity index is 0.00000264.